The Morgan fingerprint density at radius 1 is 1.40 bits per heavy atom. The van der Waals surface area contributed by atoms with Crippen LogP contribution in [0, 0.1) is 0 Å². The van der Waals surface area contributed by atoms with Crippen molar-refractivity contribution in [3.63, 3.8) is 0 Å². The van der Waals surface area contributed by atoms with Crippen molar-refractivity contribution in [3.05, 3.63) is 0 Å². The van der Waals surface area contributed by atoms with Gasteiger partial charge in [0.15, 0.2) is 6.29 Å². The van der Waals surface area contributed by atoms with Crippen molar-refractivity contribution in [3.8, 4) is 0 Å². The fourth-order valence-corrected chi connectivity index (χ4v) is 0. The van der Waals surface area contributed by atoms with Gasteiger partial charge in [-0.05, 0) is 6.42 Å². The van der Waals surface area contributed by atoms with E-state index in [1.54, 1.807) is 13.8 Å². The van der Waals surface area contributed by atoms with Gasteiger partial charge in [-0.3, -0.25) is 4.79 Å². The van der Waals surface area contributed by atoms with Crippen LogP contribution in [0.3, 0.4) is 0 Å². The van der Waals surface area contributed by atoms with E-state index in [-0.39, 0.29) is 6.42 Å². The highest BCUT2D eigenvalue weighted by molar-refractivity contribution is 5.66. The van der Waals surface area contributed by atoms with Crippen molar-refractivity contribution >= 4 is 5.97 Å². The Balaban J connectivity index is 0. The van der Waals surface area contributed by atoms with E-state index in [9.17, 15) is 4.79 Å². The van der Waals surface area contributed by atoms with Crippen LogP contribution < -0.4 is 0 Å². The van der Waals surface area contributed by atoms with Gasteiger partial charge in [-0.25, -0.2) is 0 Å². The van der Waals surface area contributed by atoms with Crippen LogP contribution in [0.15, 0.2) is 0 Å². The topological polar surface area (TPSA) is 77.8 Å². The quantitative estimate of drug-likeness (QED) is 0.491. The Kier molecular flexibility index (Phi) is 10.2. The van der Waals surface area contributed by atoms with E-state index in [0.29, 0.717) is 6.42 Å². The molecule has 0 saturated carbocycles. The van der Waals surface area contributed by atoms with Crippen LogP contribution in [-0.2, 0) is 4.79 Å². The lowest BCUT2D eigenvalue weighted by Gasteiger charge is -1.90. The molecule has 0 unspecified atom stereocenters. The zero-order chi connectivity index (χ0) is 8.57. The minimum Gasteiger partial charge on any atom is -0.481 e. The van der Waals surface area contributed by atoms with Gasteiger partial charge in [-0.15, -0.1) is 0 Å². The van der Waals surface area contributed by atoms with Crippen LogP contribution in [0.1, 0.15) is 26.7 Å². The van der Waals surface area contributed by atoms with Crippen molar-refractivity contribution in [1.29, 1.82) is 0 Å². The predicted octanol–water partition coefficient (Wildman–Crippen LogP) is 0.188. The third-order valence-electron chi connectivity index (χ3n) is 0.668. The minimum absolute atomic E-state index is 0.222. The van der Waals surface area contributed by atoms with Gasteiger partial charge in [0.05, 0.1) is 0 Å². The van der Waals surface area contributed by atoms with Crippen LogP contribution in [0.2, 0.25) is 0 Å². The molecule has 0 rings (SSSR count). The molecular formula is C6H14O4. The van der Waals surface area contributed by atoms with Gasteiger partial charge in [0.25, 0.3) is 0 Å². The van der Waals surface area contributed by atoms with Crippen molar-refractivity contribution < 1.29 is 20.1 Å². The molecule has 0 spiro atoms. The van der Waals surface area contributed by atoms with Crippen LogP contribution in [0.4, 0.5) is 0 Å². The number of hydrogen-bond acceptors (Lipinski definition) is 3. The molecule has 0 aromatic rings. The van der Waals surface area contributed by atoms with Gasteiger partial charge in [0, 0.05) is 6.42 Å². The lowest BCUT2D eigenvalue weighted by atomic mass is 10.5. The standard InChI is InChI=1S/C3H8O2.C3H6O2/c2*1-2-3(4)5/h3-5H,2H2,1H3;2H2,1H3,(H,4,5). The molecule has 4 nitrogen and oxygen atoms in total. The highest BCUT2D eigenvalue weighted by Gasteiger charge is 1.83. The van der Waals surface area contributed by atoms with Gasteiger partial charge in [-0.1, -0.05) is 13.8 Å². The molecule has 62 valence electrons. The molecule has 0 atom stereocenters. The lowest BCUT2D eigenvalue weighted by Crippen LogP contribution is -1.99. The number of carbonyl (C=O) groups is 1. The fourth-order valence-electron chi connectivity index (χ4n) is 0. The van der Waals surface area contributed by atoms with Gasteiger partial charge in [-0.2, -0.15) is 0 Å². The first kappa shape index (κ1) is 12.1. The Morgan fingerprint density at radius 3 is 1.60 bits per heavy atom. The van der Waals surface area contributed by atoms with Gasteiger partial charge < -0.3 is 15.3 Å². The summed E-state index contributed by atoms with van der Waals surface area (Å²) in [4.78, 5) is 9.37. The van der Waals surface area contributed by atoms with E-state index < -0.39 is 12.3 Å². The first-order chi connectivity index (χ1) is 4.54. The average molecular weight is 150 g/mol. The van der Waals surface area contributed by atoms with Crippen molar-refractivity contribution in [2.24, 2.45) is 0 Å². The summed E-state index contributed by atoms with van der Waals surface area (Å²) in [6.45, 7) is 3.30. The SMILES string of the molecule is CCC(=O)O.CCC(O)O. The number of rotatable bonds is 2. The normalized spacial score (nSPS) is 8.50. The maximum absolute atomic E-state index is 9.37. The summed E-state index contributed by atoms with van der Waals surface area (Å²) in [6.07, 6.45) is -0.477. The monoisotopic (exact) mass is 150 g/mol. The highest BCUT2D eigenvalue weighted by atomic mass is 16.5. The van der Waals surface area contributed by atoms with E-state index in [2.05, 4.69) is 0 Å². The van der Waals surface area contributed by atoms with E-state index in [1.807, 2.05) is 0 Å². The van der Waals surface area contributed by atoms with Crippen molar-refractivity contribution in [2.75, 3.05) is 0 Å². The van der Waals surface area contributed by atoms with Gasteiger partial charge in [0.1, 0.15) is 0 Å². The predicted molar refractivity (Wildman–Crippen MR) is 36.4 cm³/mol. The zero-order valence-corrected chi connectivity index (χ0v) is 6.24. The van der Waals surface area contributed by atoms with Crippen LogP contribution in [0.5, 0.6) is 0 Å². The smallest absolute Gasteiger partial charge is 0.303 e. The molecule has 0 aromatic heterocycles. The van der Waals surface area contributed by atoms with E-state index >= 15 is 0 Å². The molecule has 0 amide bonds. The molecule has 4 heteroatoms. The van der Waals surface area contributed by atoms with E-state index in [1.165, 1.54) is 0 Å². The molecule has 0 aliphatic heterocycles. The Hall–Kier alpha value is -0.610. The number of aliphatic hydroxyl groups excluding tert-OH is 1. The summed E-state index contributed by atoms with van der Waals surface area (Å²) in [5.41, 5.74) is 0. The molecule has 0 aliphatic rings. The maximum Gasteiger partial charge on any atom is 0.303 e. The summed E-state index contributed by atoms with van der Waals surface area (Å²) in [6, 6.07) is 0. The highest BCUT2D eigenvalue weighted by Crippen LogP contribution is 1.77. The molecule has 0 fully saturated rings. The summed E-state index contributed by atoms with van der Waals surface area (Å²) in [5.74, 6) is -0.745. The second-order valence-corrected chi connectivity index (χ2v) is 1.64. The van der Waals surface area contributed by atoms with Gasteiger partial charge >= 0.3 is 5.97 Å². The first-order valence-corrected chi connectivity index (χ1v) is 3.12. The van der Waals surface area contributed by atoms with Crippen molar-refractivity contribution in [2.45, 2.75) is 33.0 Å². The number of hydrogen-bond donors (Lipinski definition) is 3. The van der Waals surface area contributed by atoms with Gasteiger partial charge in [0.2, 0.25) is 0 Å². The van der Waals surface area contributed by atoms with Crippen LogP contribution >= 0.6 is 0 Å². The van der Waals surface area contributed by atoms with E-state index in [4.69, 9.17) is 15.3 Å². The number of carboxylic acids is 1. The average Bonchev–Trinajstić information content (AvgIpc) is 1.89. The molecule has 0 radical (unpaired) electrons. The van der Waals surface area contributed by atoms with Crippen molar-refractivity contribution in [1.82, 2.24) is 0 Å². The Bertz CT molecular complexity index is 79.8. The Morgan fingerprint density at radius 2 is 1.60 bits per heavy atom. The Labute approximate surface area is 60.1 Å². The minimum atomic E-state index is -1.12. The van der Waals surface area contributed by atoms with Crippen LogP contribution in [-0.4, -0.2) is 27.6 Å². The molecule has 3 N–H and O–H groups in total. The lowest BCUT2D eigenvalue weighted by molar-refractivity contribution is -0.136. The summed E-state index contributed by atoms with van der Waals surface area (Å²) in [7, 11) is 0. The summed E-state index contributed by atoms with van der Waals surface area (Å²) in [5, 5.41) is 23.6. The molecule has 0 bridgehead atoms. The molecule has 0 saturated heterocycles. The largest absolute Gasteiger partial charge is 0.481 e. The second-order valence-electron chi connectivity index (χ2n) is 1.64. The fraction of sp³-hybridized carbons (Fsp3) is 0.833. The molecular weight excluding hydrogens is 136 g/mol. The maximum atomic E-state index is 9.37. The third-order valence-corrected chi connectivity index (χ3v) is 0.668. The number of aliphatic carboxylic acids is 1. The molecule has 10 heavy (non-hydrogen) atoms. The third kappa shape index (κ3) is 26.3. The number of carboxylic acid groups (broad SMARTS) is 1. The molecule has 0 aliphatic carbocycles. The molecule has 0 heterocycles. The van der Waals surface area contributed by atoms with Crippen LogP contribution in [0.25, 0.3) is 0 Å². The zero-order valence-electron chi connectivity index (χ0n) is 6.24. The first-order valence-electron chi connectivity index (χ1n) is 3.12. The molecule has 0 aromatic carbocycles. The summed E-state index contributed by atoms with van der Waals surface area (Å²) >= 11 is 0. The van der Waals surface area contributed by atoms with E-state index in [0.717, 1.165) is 0 Å². The number of aliphatic hydroxyl groups is 2. The second kappa shape index (κ2) is 8.39. The summed E-state index contributed by atoms with van der Waals surface area (Å²) < 4.78 is 0.